The molecule has 0 aromatic heterocycles. The number of rotatable bonds is 1. The van der Waals surface area contributed by atoms with Crippen LogP contribution in [0.2, 0.25) is 0 Å². The number of fused-ring (bicyclic) bond motifs is 1. The SMILES string of the molecule is NC(=NC1CC1)N1CCc2ccc(F)cc21. The van der Waals surface area contributed by atoms with Crippen LogP contribution in [0.4, 0.5) is 10.1 Å². The van der Waals surface area contributed by atoms with Gasteiger partial charge in [0, 0.05) is 12.2 Å². The lowest BCUT2D eigenvalue weighted by molar-refractivity contribution is 0.628. The maximum atomic E-state index is 13.2. The van der Waals surface area contributed by atoms with Crippen molar-refractivity contribution in [3.8, 4) is 0 Å². The summed E-state index contributed by atoms with van der Waals surface area (Å²) in [7, 11) is 0. The molecule has 1 aromatic carbocycles. The molecule has 0 unspecified atom stereocenters. The number of hydrogen-bond donors (Lipinski definition) is 1. The zero-order valence-electron chi connectivity index (χ0n) is 8.99. The molecule has 1 fully saturated rings. The smallest absolute Gasteiger partial charge is 0.196 e. The summed E-state index contributed by atoms with van der Waals surface area (Å²) >= 11 is 0. The number of aliphatic imine (C=N–C) groups is 1. The first-order valence-electron chi connectivity index (χ1n) is 5.63. The van der Waals surface area contributed by atoms with Gasteiger partial charge in [0.05, 0.1) is 6.04 Å². The van der Waals surface area contributed by atoms with E-state index in [1.165, 1.54) is 12.1 Å². The highest BCUT2D eigenvalue weighted by molar-refractivity contribution is 5.97. The second kappa shape index (κ2) is 3.47. The second-order valence-corrected chi connectivity index (χ2v) is 4.39. The van der Waals surface area contributed by atoms with Crippen molar-refractivity contribution in [2.24, 2.45) is 10.7 Å². The molecule has 1 heterocycles. The molecule has 1 saturated carbocycles. The van der Waals surface area contributed by atoms with Crippen LogP contribution in [0.1, 0.15) is 18.4 Å². The largest absolute Gasteiger partial charge is 0.370 e. The first-order valence-corrected chi connectivity index (χ1v) is 5.63. The quantitative estimate of drug-likeness (QED) is 0.576. The monoisotopic (exact) mass is 219 g/mol. The Balaban J connectivity index is 1.92. The molecule has 4 heteroatoms. The van der Waals surface area contributed by atoms with Gasteiger partial charge in [0.1, 0.15) is 5.82 Å². The molecule has 1 aliphatic carbocycles. The fourth-order valence-corrected chi connectivity index (χ4v) is 2.05. The van der Waals surface area contributed by atoms with Crippen LogP contribution in [-0.4, -0.2) is 18.5 Å². The number of anilines is 1. The zero-order valence-corrected chi connectivity index (χ0v) is 8.99. The number of nitrogens with two attached hydrogens (primary N) is 1. The van der Waals surface area contributed by atoms with Gasteiger partial charge < -0.3 is 10.6 Å². The predicted molar refractivity (Wildman–Crippen MR) is 62.1 cm³/mol. The van der Waals surface area contributed by atoms with Crippen molar-refractivity contribution in [2.75, 3.05) is 11.4 Å². The van der Waals surface area contributed by atoms with Crippen LogP contribution in [-0.2, 0) is 6.42 Å². The summed E-state index contributed by atoms with van der Waals surface area (Å²) in [6, 6.07) is 5.26. The predicted octanol–water partition coefficient (Wildman–Crippen LogP) is 1.67. The van der Waals surface area contributed by atoms with E-state index in [0.717, 1.165) is 37.1 Å². The summed E-state index contributed by atoms with van der Waals surface area (Å²) in [5.41, 5.74) is 7.96. The summed E-state index contributed by atoms with van der Waals surface area (Å²) in [6.07, 6.45) is 3.17. The molecule has 3 nitrogen and oxygen atoms in total. The molecule has 0 amide bonds. The highest BCUT2D eigenvalue weighted by Gasteiger charge is 2.25. The second-order valence-electron chi connectivity index (χ2n) is 4.39. The third kappa shape index (κ3) is 1.64. The number of benzene rings is 1. The van der Waals surface area contributed by atoms with Crippen molar-refractivity contribution in [3.63, 3.8) is 0 Å². The summed E-state index contributed by atoms with van der Waals surface area (Å²) in [5, 5.41) is 0. The molecule has 1 aromatic rings. The van der Waals surface area contributed by atoms with Gasteiger partial charge in [-0.3, -0.25) is 0 Å². The van der Waals surface area contributed by atoms with Crippen LogP contribution < -0.4 is 10.6 Å². The first-order chi connectivity index (χ1) is 7.74. The summed E-state index contributed by atoms with van der Waals surface area (Å²) in [6.45, 7) is 0.806. The van der Waals surface area contributed by atoms with E-state index in [2.05, 4.69) is 4.99 Å². The topological polar surface area (TPSA) is 41.6 Å². The minimum Gasteiger partial charge on any atom is -0.370 e. The number of guanidine groups is 1. The molecule has 0 spiro atoms. The fraction of sp³-hybridized carbons (Fsp3) is 0.417. The Labute approximate surface area is 93.8 Å². The third-order valence-corrected chi connectivity index (χ3v) is 3.08. The van der Waals surface area contributed by atoms with Crippen molar-refractivity contribution < 1.29 is 4.39 Å². The van der Waals surface area contributed by atoms with Crippen LogP contribution in [0.3, 0.4) is 0 Å². The number of nitrogens with zero attached hydrogens (tertiary/aromatic N) is 2. The Bertz CT molecular complexity index is 452. The Morgan fingerprint density at radius 3 is 3.00 bits per heavy atom. The van der Waals surface area contributed by atoms with Crippen molar-refractivity contribution in [1.82, 2.24) is 0 Å². The van der Waals surface area contributed by atoms with Crippen LogP contribution >= 0.6 is 0 Å². The molecule has 2 aliphatic rings. The minimum absolute atomic E-state index is 0.218. The highest BCUT2D eigenvalue weighted by Crippen LogP contribution is 2.30. The minimum atomic E-state index is -0.218. The van der Waals surface area contributed by atoms with Gasteiger partial charge in [0.25, 0.3) is 0 Å². The van der Waals surface area contributed by atoms with Crippen molar-refractivity contribution in [3.05, 3.63) is 29.6 Å². The van der Waals surface area contributed by atoms with E-state index in [1.54, 1.807) is 0 Å². The van der Waals surface area contributed by atoms with E-state index in [0.29, 0.717) is 12.0 Å². The van der Waals surface area contributed by atoms with Gasteiger partial charge >= 0.3 is 0 Å². The van der Waals surface area contributed by atoms with E-state index in [-0.39, 0.29) is 5.82 Å². The highest BCUT2D eigenvalue weighted by atomic mass is 19.1. The number of hydrogen-bond acceptors (Lipinski definition) is 1. The molecular weight excluding hydrogens is 205 g/mol. The fourth-order valence-electron chi connectivity index (χ4n) is 2.05. The van der Waals surface area contributed by atoms with E-state index < -0.39 is 0 Å². The maximum absolute atomic E-state index is 13.2. The normalized spacial score (nSPS) is 20.1. The van der Waals surface area contributed by atoms with E-state index >= 15 is 0 Å². The van der Waals surface area contributed by atoms with Gasteiger partial charge in [-0.15, -0.1) is 0 Å². The lowest BCUT2D eigenvalue weighted by atomic mass is 10.2. The molecule has 16 heavy (non-hydrogen) atoms. The summed E-state index contributed by atoms with van der Waals surface area (Å²) < 4.78 is 13.2. The van der Waals surface area contributed by atoms with E-state index in [9.17, 15) is 4.39 Å². The molecule has 0 atom stereocenters. The van der Waals surface area contributed by atoms with E-state index in [4.69, 9.17) is 5.73 Å². The van der Waals surface area contributed by atoms with Gasteiger partial charge in [0.2, 0.25) is 0 Å². The van der Waals surface area contributed by atoms with Crippen LogP contribution in [0, 0.1) is 5.82 Å². The lowest BCUT2D eigenvalue weighted by Crippen LogP contribution is -2.36. The Morgan fingerprint density at radius 2 is 2.25 bits per heavy atom. The summed E-state index contributed by atoms with van der Waals surface area (Å²) in [4.78, 5) is 6.31. The van der Waals surface area contributed by atoms with Crippen molar-refractivity contribution in [1.29, 1.82) is 0 Å². The summed E-state index contributed by atoms with van der Waals surface area (Å²) in [5.74, 6) is 0.316. The molecule has 0 saturated heterocycles. The Morgan fingerprint density at radius 1 is 1.44 bits per heavy atom. The van der Waals surface area contributed by atoms with Gasteiger partial charge in [-0.1, -0.05) is 6.07 Å². The average Bonchev–Trinajstić information content (AvgIpc) is 2.96. The van der Waals surface area contributed by atoms with Gasteiger partial charge in [0.15, 0.2) is 5.96 Å². The van der Waals surface area contributed by atoms with Gasteiger partial charge in [-0.2, -0.15) is 0 Å². The van der Waals surface area contributed by atoms with Crippen LogP contribution in [0.15, 0.2) is 23.2 Å². The molecule has 2 N–H and O–H groups in total. The number of halogens is 1. The standard InChI is InChI=1S/C12H14FN3/c13-9-2-1-8-5-6-16(11(8)7-9)12(14)15-10-3-4-10/h1-2,7,10H,3-6H2,(H2,14,15). The average molecular weight is 219 g/mol. The molecule has 0 bridgehead atoms. The molecule has 84 valence electrons. The molecular formula is C12H14FN3. The maximum Gasteiger partial charge on any atom is 0.196 e. The van der Waals surface area contributed by atoms with Gasteiger partial charge in [-0.25, -0.2) is 9.38 Å². The van der Waals surface area contributed by atoms with Crippen molar-refractivity contribution >= 4 is 11.6 Å². The van der Waals surface area contributed by atoms with Crippen LogP contribution in [0.5, 0.6) is 0 Å². The van der Waals surface area contributed by atoms with E-state index in [1.807, 2.05) is 11.0 Å². The van der Waals surface area contributed by atoms with Crippen molar-refractivity contribution in [2.45, 2.75) is 25.3 Å². The Hall–Kier alpha value is -1.58. The zero-order chi connectivity index (χ0) is 11.1. The lowest BCUT2D eigenvalue weighted by Gasteiger charge is -2.18. The molecule has 0 radical (unpaired) electrons. The third-order valence-electron chi connectivity index (χ3n) is 3.08. The van der Waals surface area contributed by atoms with Crippen LogP contribution in [0.25, 0.3) is 0 Å². The first kappa shape index (κ1) is 9.63. The van der Waals surface area contributed by atoms with Gasteiger partial charge in [-0.05, 0) is 37.0 Å². The Kier molecular flexibility index (Phi) is 2.09. The molecule has 1 aliphatic heterocycles. The molecule has 3 rings (SSSR count).